The number of carbonyl (C=O) groups is 1. The summed E-state index contributed by atoms with van der Waals surface area (Å²) in [6.45, 7) is 0. The SMILES string of the molecule is O=C(/C=C/c1ccc(-c2ccccc2)o1)Nc1nc(-c2ccc(Br)cc2)cs1. The van der Waals surface area contributed by atoms with E-state index in [4.69, 9.17) is 4.42 Å². The lowest BCUT2D eigenvalue weighted by atomic mass is 10.2. The molecule has 0 atom stereocenters. The van der Waals surface area contributed by atoms with E-state index in [0.717, 1.165) is 27.1 Å². The fourth-order valence-corrected chi connectivity index (χ4v) is 3.58. The van der Waals surface area contributed by atoms with Crippen molar-refractivity contribution in [2.45, 2.75) is 0 Å². The number of nitrogens with one attached hydrogen (secondary N) is 1. The van der Waals surface area contributed by atoms with Gasteiger partial charge in [-0.05, 0) is 30.3 Å². The van der Waals surface area contributed by atoms with Gasteiger partial charge in [0.25, 0.3) is 0 Å². The predicted molar refractivity (Wildman–Crippen MR) is 117 cm³/mol. The van der Waals surface area contributed by atoms with Crippen molar-refractivity contribution in [3.05, 3.63) is 88.4 Å². The van der Waals surface area contributed by atoms with Crippen LogP contribution in [0.4, 0.5) is 5.13 Å². The van der Waals surface area contributed by atoms with Crippen molar-refractivity contribution >= 4 is 44.4 Å². The monoisotopic (exact) mass is 450 g/mol. The van der Waals surface area contributed by atoms with E-state index in [1.807, 2.05) is 72.1 Å². The third-order valence-corrected chi connectivity index (χ3v) is 5.24. The number of nitrogens with zero attached hydrogens (tertiary/aromatic N) is 1. The number of anilines is 1. The van der Waals surface area contributed by atoms with E-state index in [1.54, 1.807) is 6.08 Å². The minimum atomic E-state index is -0.255. The second-order valence-corrected chi connectivity index (χ2v) is 7.71. The number of hydrogen-bond donors (Lipinski definition) is 1. The molecule has 0 unspecified atom stereocenters. The van der Waals surface area contributed by atoms with Crippen LogP contribution in [-0.4, -0.2) is 10.9 Å². The third-order valence-electron chi connectivity index (χ3n) is 3.96. The quantitative estimate of drug-likeness (QED) is 0.353. The second kappa shape index (κ2) is 8.37. The van der Waals surface area contributed by atoms with Crippen LogP contribution in [0.3, 0.4) is 0 Å². The molecule has 0 saturated heterocycles. The Balaban J connectivity index is 1.39. The molecule has 4 rings (SSSR count). The van der Waals surface area contributed by atoms with Crippen LogP contribution in [0.5, 0.6) is 0 Å². The Labute approximate surface area is 174 Å². The molecule has 0 spiro atoms. The molecule has 0 bridgehead atoms. The number of rotatable bonds is 5. The molecule has 2 aromatic heterocycles. The Morgan fingerprint density at radius 3 is 2.57 bits per heavy atom. The van der Waals surface area contributed by atoms with Gasteiger partial charge < -0.3 is 4.42 Å². The molecule has 2 aromatic carbocycles. The molecule has 0 aliphatic rings. The number of carbonyl (C=O) groups excluding carboxylic acids is 1. The maximum absolute atomic E-state index is 12.2. The van der Waals surface area contributed by atoms with Gasteiger partial charge in [-0.2, -0.15) is 0 Å². The van der Waals surface area contributed by atoms with Gasteiger partial charge in [-0.3, -0.25) is 10.1 Å². The van der Waals surface area contributed by atoms with E-state index < -0.39 is 0 Å². The fraction of sp³-hybridized carbons (Fsp3) is 0. The standard InChI is InChI=1S/C22H15BrN2O2S/c23-17-8-6-15(7-9-17)19-14-28-22(24-19)25-21(26)13-11-18-10-12-20(27-18)16-4-2-1-3-5-16/h1-14H,(H,24,25,26)/b13-11+. The Hall–Kier alpha value is -2.96. The molecule has 0 fully saturated rings. The molecule has 0 aliphatic carbocycles. The fourth-order valence-electron chi connectivity index (χ4n) is 2.59. The van der Waals surface area contributed by atoms with Crippen molar-refractivity contribution < 1.29 is 9.21 Å². The van der Waals surface area contributed by atoms with Gasteiger partial charge in [0.05, 0.1) is 5.69 Å². The van der Waals surface area contributed by atoms with Crippen LogP contribution in [0.25, 0.3) is 28.7 Å². The minimum absolute atomic E-state index is 0.255. The number of amides is 1. The smallest absolute Gasteiger partial charge is 0.250 e. The Bertz CT molecular complexity index is 1110. The molecule has 4 nitrogen and oxygen atoms in total. The molecule has 1 N–H and O–H groups in total. The molecule has 6 heteroatoms. The van der Waals surface area contributed by atoms with Crippen LogP contribution >= 0.6 is 27.3 Å². The lowest BCUT2D eigenvalue weighted by Gasteiger charge is -1.97. The highest BCUT2D eigenvalue weighted by atomic mass is 79.9. The summed E-state index contributed by atoms with van der Waals surface area (Å²) in [5.41, 5.74) is 2.82. The van der Waals surface area contributed by atoms with Crippen molar-refractivity contribution in [2.24, 2.45) is 0 Å². The molecule has 2 heterocycles. The third kappa shape index (κ3) is 4.47. The summed E-state index contributed by atoms with van der Waals surface area (Å²) in [6, 6.07) is 21.4. The van der Waals surface area contributed by atoms with Gasteiger partial charge in [0.15, 0.2) is 5.13 Å². The van der Waals surface area contributed by atoms with Crippen LogP contribution in [0, 0.1) is 0 Å². The zero-order valence-corrected chi connectivity index (χ0v) is 17.0. The first kappa shape index (κ1) is 18.4. The molecule has 0 radical (unpaired) electrons. The van der Waals surface area contributed by atoms with Crippen LogP contribution in [0.1, 0.15) is 5.76 Å². The van der Waals surface area contributed by atoms with Gasteiger partial charge in [0, 0.05) is 27.1 Å². The summed E-state index contributed by atoms with van der Waals surface area (Å²) in [4.78, 5) is 16.6. The highest BCUT2D eigenvalue weighted by molar-refractivity contribution is 9.10. The van der Waals surface area contributed by atoms with Crippen LogP contribution in [0.15, 0.2) is 87.1 Å². The molecule has 4 aromatic rings. The predicted octanol–water partition coefficient (Wildman–Crippen LogP) is 6.48. The maximum atomic E-state index is 12.2. The van der Waals surface area contributed by atoms with Crippen molar-refractivity contribution in [1.82, 2.24) is 4.98 Å². The van der Waals surface area contributed by atoms with Gasteiger partial charge in [-0.1, -0.05) is 58.4 Å². The summed E-state index contributed by atoms with van der Waals surface area (Å²) in [5, 5.41) is 5.25. The lowest BCUT2D eigenvalue weighted by Crippen LogP contribution is -2.07. The molecular formula is C22H15BrN2O2S. The largest absolute Gasteiger partial charge is 0.457 e. The van der Waals surface area contributed by atoms with E-state index in [1.165, 1.54) is 17.4 Å². The van der Waals surface area contributed by atoms with Gasteiger partial charge in [-0.25, -0.2) is 4.98 Å². The Morgan fingerprint density at radius 1 is 1.00 bits per heavy atom. The average molecular weight is 451 g/mol. The summed E-state index contributed by atoms with van der Waals surface area (Å²) in [6.07, 6.45) is 3.08. The highest BCUT2D eigenvalue weighted by Gasteiger charge is 2.07. The first-order valence-corrected chi connectivity index (χ1v) is 10.2. The molecule has 138 valence electrons. The zero-order chi connectivity index (χ0) is 19.3. The van der Waals surface area contributed by atoms with Gasteiger partial charge in [-0.15, -0.1) is 11.3 Å². The summed E-state index contributed by atoms with van der Waals surface area (Å²) < 4.78 is 6.77. The van der Waals surface area contributed by atoms with Gasteiger partial charge in [0.2, 0.25) is 5.91 Å². The Kier molecular flexibility index (Phi) is 5.50. The van der Waals surface area contributed by atoms with E-state index in [0.29, 0.717) is 10.9 Å². The first-order valence-electron chi connectivity index (χ1n) is 8.53. The maximum Gasteiger partial charge on any atom is 0.250 e. The number of halogens is 1. The number of hydrogen-bond acceptors (Lipinski definition) is 4. The highest BCUT2D eigenvalue weighted by Crippen LogP contribution is 2.26. The van der Waals surface area contributed by atoms with E-state index in [-0.39, 0.29) is 5.91 Å². The molecule has 0 aliphatic heterocycles. The molecule has 1 amide bonds. The van der Waals surface area contributed by atoms with E-state index in [9.17, 15) is 4.79 Å². The molecular weight excluding hydrogens is 436 g/mol. The van der Waals surface area contributed by atoms with Crippen molar-refractivity contribution in [2.75, 3.05) is 5.32 Å². The summed E-state index contributed by atoms with van der Waals surface area (Å²) in [5.74, 6) is 1.12. The normalized spacial score (nSPS) is 11.0. The molecule has 0 saturated carbocycles. The van der Waals surface area contributed by atoms with Crippen LogP contribution < -0.4 is 5.32 Å². The first-order chi connectivity index (χ1) is 13.7. The summed E-state index contributed by atoms with van der Waals surface area (Å²) in [7, 11) is 0. The van der Waals surface area contributed by atoms with Crippen molar-refractivity contribution in [1.29, 1.82) is 0 Å². The second-order valence-electron chi connectivity index (χ2n) is 5.94. The van der Waals surface area contributed by atoms with Gasteiger partial charge >= 0.3 is 0 Å². The van der Waals surface area contributed by atoms with Crippen LogP contribution in [0.2, 0.25) is 0 Å². The zero-order valence-electron chi connectivity index (χ0n) is 14.6. The Morgan fingerprint density at radius 2 is 1.79 bits per heavy atom. The van der Waals surface area contributed by atoms with E-state index in [2.05, 4.69) is 26.2 Å². The van der Waals surface area contributed by atoms with E-state index >= 15 is 0 Å². The number of aromatic nitrogens is 1. The van der Waals surface area contributed by atoms with Crippen molar-refractivity contribution in [3.63, 3.8) is 0 Å². The topological polar surface area (TPSA) is 55.1 Å². The number of benzene rings is 2. The minimum Gasteiger partial charge on any atom is -0.457 e. The van der Waals surface area contributed by atoms with Gasteiger partial charge in [0.1, 0.15) is 11.5 Å². The lowest BCUT2D eigenvalue weighted by molar-refractivity contribution is -0.111. The number of thiazole rings is 1. The van der Waals surface area contributed by atoms with Crippen molar-refractivity contribution in [3.8, 4) is 22.6 Å². The molecule has 28 heavy (non-hydrogen) atoms. The summed E-state index contributed by atoms with van der Waals surface area (Å²) >= 11 is 4.80. The van der Waals surface area contributed by atoms with Crippen LogP contribution in [-0.2, 0) is 4.79 Å². The average Bonchev–Trinajstić information content (AvgIpc) is 3.37. The number of furan rings is 1.